The van der Waals surface area contributed by atoms with E-state index in [1.165, 1.54) is 12.2 Å². The minimum atomic E-state index is -0.936. The molecule has 0 saturated heterocycles. The Kier molecular flexibility index (Phi) is 3.58. The van der Waals surface area contributed by atoms with E-state index < -0.39 is 5.41 Å². The molecule has 0 aliphatic heterocycles. The van der Waals surface area contributed by atoms with Crippen molar-refractivity contribution in [1.29, 1.82) is 0 Å². The molecule has 6 rings (SSSR count). The maximum absolute atomic E-state index is 12.9. The van der Waals surface area contributed by atoms with Crippen LogP contribution in [0.5, 0.6) is 11.5 Å². The lowest BCUT2D eigenvalue weighted by molar-refractivity contribution is -0.202. The number of rotatable bonds is 4. The van der Waals surface area contributed by atoms with Gasteiger partial charge in [0.05, 0.1) is 22.1 Å². The van der Waals surface area contributed by atoms with Crippen molar-refractivity contribution in [3.63, 3.8) is 0 Å². The fourth-order valence-corrected chi connectivity index (χ4v) is 5.98. The first-order valence-corrected chi connectivity index (χ1v) is 10.5. The fraction of sp³-hybridized carbons (Fsp3) is 0.0833. The standard InChI is InChI=1S/C24H14BrNO6/c1-9(32-31)8-26-21-20(25)23(30)19-16(22(21)29)18-15-13(28)7-6-12(27)14(15)17-10-4-2-3-5-11(10)24(17,18)19/h2-7,26,29-31H,1,8H2. The summed E-state index contributed by atoms with van der Waals surface area (Å²) in [5, 5.41) is 34.0. The third-order valence-corrected chi connectivity index (χ3v) is 7.36. The number of fused-ring (bicyclic) bond motifs is 5. The molecule has 32 heavy (non-hydrogen) atoms. The van der Waals surface area contributed by atoms with Crippen LogP contribution in [0.25, 0.3) is 11.1 Å². The van der Waals surface area contributed by atoms with E-state index in [0.29, 0.717) is 27.8 Å². The highest BCUT2D eigenvalue weighted by atomic mass is 79.9. The van der Waals surface area contributed by atoms with E-state index in [-0.39, 0.29) is 51.1 Å². The normalized spacial score (nSPS) is 21.2. The van der Waals surface area contributed by atoms with E-state index in [1.807, 2.05) is 24.3 Å². The molecule has 1 unspecified atom stereocenters. The summed E-state index contributed by atoms with van der Waals surface area (Å²) in [6, 6.07) is 7.51. The topological polar surface area (TPSA) is 116 Å². The maximum atomic E-state index is 12.9. The van der Waals surface area contributed by atoms with Crippen molar-refractivity contribution in [2.24, 2.45) is 0 Å². The molecule has 158 valence electrons. The van der Waals surface area contributed by atoms with Crippen LogP contribution in [-0.4, -0.2) is 33.6 Å². The number of nitrogens with one attached hydrogen (secondary N) is 1. The lowest BCUT2D eigenvalue weighted by Gasteiger charge is -2.54. The minimum Gasteiger partial charge on any atom is -0.506 e. The highest BCUT2D eigenvalue weighted by Crippen LogP contribution is 2.78. The van der Waals surface area contributed by atoms with Crippen LogP contribution in [0.15, 0.2) is 64.4 Å². The summed E-state index contributed by atoms with van der Waals surface area (Å²) in [5.41, 5.74) is 3.51. The van der Waals surface area contributed by atoms with E-state index in [4.69, 9.17) is 5.26 Å². The van der Waals surface area contributed by atoms with Gasteiger partial charge in [-0.05, 0) is 50.4 Å². The Morgan fingerprint density at radius 3 is 2.41 bits per heavy atom. The largest absolute Gasteiger partial charge is 0.506 e. The molecule has 8 heteroatoms. The van der Waals surface area contributed by atoms with Gasteiger partial charge in [0, 0.05) is 22.3 Å². The number of anilines is 1. The zero-order chi connectivity index (χ0) is 22.5. The van der Waals surface area contributed by atoms with Gasteiger partial charge in [-0.15, -0.1) is 0 Å². The van der Waals surface area contributed by atoms with E-state index in [9.17, 15) is 19.8 Å². The molecule has 0 saturated carbocycles. The molecule has 0 radical (unpaired) electrons. The van der Waals surface area contributed by atoms with Gasteiger partial charge in [0.25, 0.3) is 0 Å². The molecular weight excluding hydrogens is 478 g/mol. The number of phenols is 2. The number of halogens is 1. The van der Waals surface area contributed by atoms with Gasteiger partial charge in [0.15, 0.2) is 17.3 Å². The Hall–Kier alpha value is -3.62. The van der Waals surface area contributed by atoms with Crippen molar-refractivity contribution in [2.75, 3.05) is 11.9 Å². The predicted molar refractivity (Wildman–Crippen MR) is 119 cm³/mol. The second-order valence-corrected chi connectivity index (χ2v) is 8.77. The molecule has 0 heterocycles. The van der Waals surface area contributed by atoms with Gasteiger partial charge in [-0.25, -0.2) is 5.26 Å². The van der Waals surface area contributed by atoms with Crippen LogP contribution in [0.2, 0.25) is 0 Å². The quantitative estimate of drug-likeness (QED) is 0.169. The van der Waals surface area contributed by atoms with Gasteiger partial charge < -0.3 is 20.4 Å². The number of aromatic hydroxyl groups is 2. The fourth-order valence-electron chi connectivity index (χ4n) is 5.45. The number of hydrogen-bond donors (Lipinski definition) is 4. The average Bonchev–Trinajstić information content (AvgIpc) is 2.98. The van der Waals surface area contributed by atoms with Crippen molar-refractivity contribution < 1.29 is 29.9 Å². The molecule has 0 amide bonds. The third-order valence-electron chi connectivity index (χ3n) is 6.58. The highest BCUT2D eigenvalue weighted by Gasteiger charge is 2.68. The van der Waals surface area contributed by atoms with Gasteiger partial charge >= 0.3 is 0 Å². The summed E-state index contributed by atoms with van der Waals surface area (Å²) in [5.74, 6) is -0.896. The molecule has 4 aliphatic rings. The van der Waals surface area contributed by atoms with Crippen molar-refractivity contribution >= 4 is 44.3 Å². The van der Waals surface area contributed by atoms with Crippen LogP contribution in [0.4, 0.5) is 5.69 Å². The van der Waals surface area contributed by atoms with Crippen molar-refractivity contribution in [3.05, 3.63) is 86.6 Å². The van der Waals surface area contributed by atoms with Gasteiger partial charge in [0.1, 0.15) is 11.5 Å². The van der Waals surface area contributed by atoms with Crippen molar-refractivity contribution in [1.82, 2.24) is 0 Å². The Balaban J connectivity index is 1.68. The first kappa shape index (κ1) is 19.1. The molecular formula is C24H14BrNO6. The van der Waals surface area contributed by atoms with Crippen LogP contribution in [0.1, 0.15) is 22.3 Å². The van der Waals surface area contributed by atoms with Gasteiger partial charge in [-0.2, -0.15) is 0 Å². The third kappa shape index (κ3) is 1.87. The second-order valence-electron chi connectivity index (χ2n) is 7.98. The first-order valence-electron chi connectivity index (χ1n) is 9.73. The average molecular weight is 492 g/mol. The predicted octanol–water partition coefficient (Wildman–Crippen LogP) is 3.82. The maximum Gasteiger partial charge on any atom is 0.187 e. The Bertz CT molecular complexity index is 1450. The van der Waals surface area contributed by atoms with E-state index in [2.05, 4.69) is 32.7 Å². The molecule has 4 N–H and O–H groups in total. The van der Waals surface area contributed by atoms with E-state index in [1.54, 1.807) is 0 Å². The number of hydrogen-bond acceptors (Lipinski definition) is 7. The van der Waals surface area contributed by atoms with Crippen LogP contribution in [0.3, 0.4) is 0 Å². The molecule has 0 bridgehead atoms. The monoisotopic (exact) mass is 491 g/mol. The summed E-state index contributed by atoms with van der Waals surface area (Å²) in [6.45, 7) is 3.46. The van der Waals surface area contributed by atoms with Gasteiger partial charge in [0.2, 0.25) is 0 Å². The lowest BCUT2D eigenvalue weighted by atomic mass is 9.46. The van der Waals surface area contributed by atoms with Gasteiger partial charge in [-0.3, -0.25) is 9.59 Å². The number of ketones is 2. The number of carbonyl (C=O) groups excluding carboxylic acids is 2. The van der Waals surface area contributed by atoms with Crippen LogP contribution in [0, 0.1) is 0 Å². The highest BCUT2D eigenvalue weighted by molar-refractivity contribution is 9.10. The number of benzene rings is 2. The molecule has 1 atom stereocenters. The number of allylic oxidation sites excluding steroid dienone is 6. The van der Waals surface area contributed by atoms with Crippen LogP contribution in [-0.2, 0) is 19.9 Å². The van der Waals surface area contributed by atoms with E-state index in [0.717, 1.165) is 11.1 Å². The first-order chi connectivity index (χ1) is 15.4. The zero-order valence-electron chi connectivity index (χ0n) is 16.3. The second kappa shape index (κ2) is 5.99. The number of phenolic OH excluding ortho intramolecular Hbond substituents is 2. The Morgan fingerprint density at radius 1 is 1.06 bits per heavy atom. The Labute approximate surface area is 189 Å². The van der Waals surface area contributed by atoms with Crippen molar-refractivity contribution in [3.8, 4) is 11.5 Å². The molecule has 7 nitrogen and oxygen atoms in total. The van der Waals surface area contributed by atoms with Crippen LogP contribution < -0.4 is 5.32 Å². The van der Waals surface area contributed by atoms with Gasteiger partial charge in [-0.1, -0.05) is 30.8 Å². The zero-order valence-corrected chi connectivity index (χ0v) is 17.9. The van der Waals surface area contributed by atoms with E-state index >= 15 is 0 Å². The molecule has 0 fully saturated rings. The summed E-state index contributed by atoms with van der Waals surface area (Å²) in [7, 11) is 0. The summed E-state index contributed by atoms with van der Waals surface area (Å²) in [6.07, 6.45) is 2.51. The van der Waals surface area contributed by atoms with Crippen LogP contribution >= 0.6 is 15.9 Å². The molecule has 0 aromatic heterocycles. The minimum absolute atomic E-state index is 0.00445. The number of carbonyl (C=O) groups is 2. The molecule has 2 aromatic carbocycles. The summed E-state index contributed by atoms with van der Waals surface area (Å²) >= 11 is 3.34. The molecule has 2 aromatic rings. The Morgan fingerprint density at radius 2 is 1.72 bits per heavy atom. The summed E-state index contributed by atoms with van der Waals surface area (Å²) in [4.78, 5) is 29.9. The van der Waals surface area contributed by atoms with Crippen molar-refractivity contribution in [2.45, 2.75) is 5.41 Å². The smallest absolute Gasteiger partial charge is 0.187 e. The molecule has 4 aliphatic carbocycles. The lowest BCUT2D eigenvalue weighted by Crippen LogP contribution is -2.45. The SMILES string of the molecule is C=C(CNc1c(O)c2c(c(O)c1Br)C13C(=C4C(=O)C=CC(=O)C4=C21)c1ccccc13)OO. The summed E-state index contributed by atoms with van der Waals surface area (Å²) < 4.78 is 0.206. The molecule has 1 spiro atoms.